The lowest BCUT2D eigenvalue weighted by Crippen LogP contribution is -3.13. The highest BCUT2D eigenvalue weighted by Gasteiger charge is 2.16. The Morgan fingerprint density at radius 2 is 0.291 bits per heavy atom. The Morgan fingerprint density at radius 3 is 0.504 bits per heavy atom. The average Bonchev–Trinajstić information content (AvgIpc) is 1.02. The van der Waals surface area contributed by atoms with E-state index < -0.39 is 0 Å². The van der Waals surface area contributed by atoms with Crippen LogP contribution in [0.3, 0.4) is 0 Å². The van der Waals surface area contributed by atoms with Crippen LogP contribution in [-0.2, 0) is 171 Å². The molecule has 48 nitrogen and oxygen atoms in total. The van der Waals surface area contributed by atoms with E-state index in [1.165, 1.54) is 29.4 Å². The summed E-state index contributed by atoms with van der Waals surface area (Å²) in [4.78, 5) is 8.00. The van der Waals surface area contributed by atoms with Crippen LogP contribution in [0.5, 0.6) is 0 Å². The summed E-state index contributed by atoms with van der Waals surface area (Å²) in [6.07, 6.45) is 1.51. The molecule has 0 amide bonds. The Balaban J connectivity index is -0.000000393. The van der Waals surface area contributed by atoms with E-state index in [1.54, 1.807) is 64.0 Å². The molecule has 0 radical (unpaired) electrons. The summed E-state index contributed by atoms with van der Waals surface area (Å²) < 4.78 is 190. The van der Waals surface area contributed by atoms with Crippen LogP contribution in [0.2, 0.25) is 0 Å². The molecule has 0 unspecified atom stereocenters. The average molecular weight is 2080 g/mol. The van der Waals surface area contributed by atoms with Crippen molar-refractivity contribution in [2.45, 2.75) is 33.6 Å². The highest BCUT2D eigenvalue weighted by atomic mass is 16.7. The third kappa shape index (κ3) is 144. The van der Waals surface area contributed by atoms with Crippen molar-refractivity contribution >= 4 is 0 Å². The molecule has 0 aromatic rings. The quantitative estimate of drug-likeness (QED) is 0.0199. The number of hydrogen-bond donors (Lipinski definition) is 12. The molecule has 48 heteroatoms. The van der Waals surface area contributed by atoms with Gasteiger partial charge in [-0.05, 0) is 33.6 Å². The minimum Gasteiger partial charge on any atom is -0.396 e. The van der Waals surface area contributed by atoms with Gasteiger partial charge in [0.15, 0.2) is 6.73 Å². The molecule has 0 rings (SSSR count). The maximum atomic E-state index is 8.66. The van der Waals surface area contributed by atoms with Crippen molar-refractivity contribution in [3.8, 4) is 0 Å². The van der Waals surface area contributed by atoms with Crippen LogP contribution in [0.4, 0.5) is 0 Å². The fourth-order valence-electron chi connectivity index (χ4n) is 10.9. The van der Waals surface area contributed by atoms with Gasteiger partial charge in [-0.2, -0.15) is 0 Å². The first-order valence-corrected chi connectivity index (χ1v) is 50.2. The van der Waals surface area contributed by atoms with Crippen LogP contribution in [0.25, 0.3) is 0 Å². The predicted molar refractivity (Wildman–Crippen MR) is 522 cm³/mol. The fraction of sp³-hybridized carbons (Fsp3) is 1.00. The van der Waals surface area contributed by atoms with Crippen LogP contribution >= 0.6 is 0 Å². The van der Waals surface area contributed by atoms with Crippen molar-refractivity contribution in [1.29, 1.82) is 0 Å². The maximum Gasteiger partial charge on any atom is 0.181 e. The fourth-order valence-corrected chi connectivity index (χ4v) is 10.9. The van der Waals surface area contributed by atoms with Crippen molar-refractivity contribution in [1.82, 2.24) is 0 Å². The molecule has 0 fully saturated rings. The minimum atomic E-state index is 0.0218. The van der Waals surface area contributed by atoms with Gasteiger partial charge in [0.05, 0.1) is 324 Å². The number of aliphatic hydroxyl groups excluding tert-OH is 6. The zero-order valence-electron chi connectivity index (χ0n) is 89.7. The lowest BCUT2D eigenvalue weighted by Gasteiger charge is -2.19. The van der Waals surface area contributed by atoms with Gasteiger partial charge in [-0.1, -0.05) is 0 Å². The smallest absolute Gasteiger partial charge is 0.181 e. The summed E-state index contributed by atoms with van der Waals surface area (Å²) in [6.45, 7) is 51.8. The zero-order chi connectivity index (χ0) is 104. The molecular formula is C93H210N6O42+6. The van der Waals surface area contributed by atoms with Gasteiger partial charge < -0.3 is 231 Å². The molecule has 0 spiro atoms. The third-order valence-electron chi connectivity index (χ3n) is 18.7. The minimum absolute atomic E-state index is 0.0218. The van der Waals surface area contributed by atoms with E-state index in [4.69, 9.17) is 201 Å². The van der Waals surface area contributed by atoms with Gasteiger partial charge in [0.25, 0.3) is 0 Å². The Bertz CT molecular complexity index is 1760. The largest absolute Gasteiger partial charge is 0.396 e. The van der Waals surface area contributed by atoms with Gasteiger partial charge in [0, 0.05) is 97.0 Å². The Labute approximate surface area is 847 Å². The Hall–Kier alpha value is -1.92. The van der Waals surface area contributed by atoms with Crippen molar-refractivity contribution in [2.24, 2.45) is 0 Å². The monoisotopic (exact) mass is 2080 g/mol. The van der Waals surface area contributed by atoms with Gasteiger partial charge in [-0.15, -0.1) is 0 Å². The van der Waals surface area contributed by atoms with E-state index in [0.29, 0.717) is 318 Å². The predicted octanol–water partition coefficient (Wildman–Crippen LogP) is -9.05. The van der Waals surface area contributed by atoms with Gasteiger partial charge in [0.1, 0.15) is 159 Å². The summed E-state index contributed by atoms with van der Waals surface area (Å²) in [5, 5.41) is 51.8. The van der Waals surface area contributed by atoms with Crippen molar-refractivity contribution in [3.05, 3.63) is 0 Å². The first-order valence-electron chi connectivity index (χ1n) is 50.2. The van der Waals surface area contributed by atoms with Gasteiger partial charge in [0.2, 0.25) is 0 Å². The number of rotatable bonds is 117. The zero-order valence-corrected chi connectivity index (χ0v) is 89.7. The Morgan fingerprint density at radius 1 is 0.128 bits per heavy atom. The Kier molecular flexibility index (Phi) is 156. The molecule has 0 atom stereocenters. The number of hydrogen-bond acceptors (Lipinski definition) is 42. The first-order chi connectivity index (χ1) is 69.6. The molecule has 0 aliphatic heterocycles. The number of quaternary nitrogens is 6. The van der Waals surface area contributed by atoms with Crippen molar-refractivity contribution < 1.29 is 231 Å². The summed E-state index contributed by atoms with van der Waals surface area (Å²) in [6, 6.07) is 0. The molecule has 141 heavy (non-hydrogen) atoms. The maximum absolute atomic E-state index is 8.66. The summed E-state index contributed by atoms with van der Waals surface area (Å²) in [5.74, 6) is 0. The second-order valence-corrected chi connectivity index (χ2v) is 29.9. The van der Waals surface area contributed by atoms with Crippen LogP contribution in [0.1, 0.15) is 33.6 Å². The van der Waals surface area contributed by atoms with Gasteiger partial charge in [-0.3, -0.25) is 0 Å². The van der Waals surface area contributed by atoms with E-state index in [1.807, 2.05) is 20.8 Å². The summed E-state index contributed by atoms with van der Waals surface area (Å²) >= 11 is 0. The second kappa shape index (κ2) is 147. The molecule has 0 saturated heterocycles. The molecule has 12 N–H and O–H groups in total. The summed E-state index contributed by atoms with van der Waals surface area (Å²) in [7, 11) is 14.8. The topological polar surface area (TPSA) is 480 Å². The highest BCUT2D eigenvalue weighted by Crippen LogP contribution is 1.91. The SMILES string of the molecule is CCOCC[NH+](CCOCC)CCOCC.COCCCOCOCC[NH+](CCOCCOCCOC)CCOCCOCCOC.COCCOCOCC[NH+](CCOCOCCOC)CCOCOCCOC.COCOCC[NH+](CCOCOC)CCOCOC.OCCCOC[NH+](CCOCCO)CCOCCO.OCCOCCOCC[NH+](CCOCCOCCO)CCOCCOCCO. The highest BCUT2D eigenvalue weighted by molar-refractivity contribution is 4.45. The van der Waals surface area contributed by atoms with E-state index in [0.717, 1.165) is 157 Å². The van der Waals surface area contributed by atoms with Crippen LogP contribution in [0.15, 0.2) is 0 Å². The molecule has 0 saturated carbocycles. The molecule has 0 heterocycles. The number of aliphatic hydroxyl groups is 6. The molecule has 0 bridgehead atoms. The first kappa shape index (κ1) is 150. The number of ether oxygens (including phenoxy) is 36. The molecule has 858 valence electrons. The second-order valence-electron chi connectivity index (χ2n) is 29.9. The number of nitrogens with one attached hydrogen (secondary N) is 6. The molecule has 0 aliphatic carbocycles. The van der Waals surface area contributed by atoms with Crippen LogP contribution in [-0.4, -0.2) is 617 Å². The van der Waals surface area contributed by atoms with Gasteiger partial charge in [-0.25, -0.2) is 0 Å². The van der Waals surface area contributed by atoms with Crippen molar-refractivity contribution in [3.63, 3.8) is 0 Å². The van der Waals surface area contributed by atoms with E-state index in [-0.39, 0.29) is 60.0 Å². The standard InChI is InChI=1S/C21H45NO9.2C18H39NO9.2C12H27NO6.C12H27NO3/c1-23-8-4-9-30-21-31-12-7-22(5-10-26-17-19-28-15-13-24-2)6-11-27-18-20-29-16-14-25-3;1-20-10-13-26-16-23-7-4-19(5-8-24-17-27-14-11-21-2)6-9-25-18-28-15-12-22-3;20-4-10-26-16-13-23-7-1-19(2-8-24-14-17-27-11-5-21)3-9-25-15-18-28-12-6-22;1-14-10-17-7-4-13(5-8-18-11-15-2)6-9-19-12-16-3;14-4-1-7-19-12-13(2-8-17-10-5-15)3-9-18-11-6-16;1-4-14-10-7-13(8-11-15-5-2)9-12-16-6-3/h4-21H2,1-3H3;4-18H2,1-3H3;20-22H,1-18H2;4-12H2,1-3H3;14-16H,1-12H2;4-12H2,1-3H3/p+6. The number of methoxy groups -OCH3 is 9. The lowest BCUT2D eigenvalue weighted by molar-refractivity contribution is -0.920. The third-order valence-corrected chi connectivity index (χ3v) is 18.7. The van der Waals surface area contributed by atoms with Crippen molar-refractivity contribution in [2.75, 3.05) is 586 Å². The normalized spacial score (nSPS) is 11.5. The summed E-state index contributed by atoms with van der Waals surface area (Å²) in [5.41, 5.74) is 0. The molecule has 0 aromatic carbocycles. The molecule has 0 aliphatic rings. The molecular weight excluding hydrogens is 1870 g/mol. The molecule has 0 aromatic heterocycles. The van der Waals surface area contributed by atoms with E-state index >= 15 is 0 Å². The van der Waals surface area contributed by atoms with E-state index in [9.17, 15) is 0 Å². The van der Waals surface area contributed by atoms with Crippen LogP contribution in [0, 0.1) is 0 Å². The van der Waals surface area contributed by atoms with Gasteiger partial charge >= 0.3 is 0 Å². The van der Waals surface area contributed by atoms with E-state index in [2.05, 4.69) is 0 Å². The van der Waals surface area contributed by atoms with Crippen LogP contribution < -0.4 is 29.4 Å². The lowest BCUT2D eigenvalue weighted by atomic mass is 10.4.